The van der Waals surface area contributed by atoms with E-state index in [4.69, 9.17) is 19.9 Å². The molecule has 1 fully saturated rings. The van der Waals surface area contributed by atoms with Gasteiger partial charge in [-0.05, 0) is 24.3 Å². The van der Waals surface area contributed by atoms with E-state index in [1.54, 1.807) is 12.3 Å². The lowest BCUT2D eigenvalue weighted by Crippen LogP contribution is -2.21. The number of rotatable bonds is 2. The van der Waals surface area contributed by atoms with Crippen LogP contribution in [-0.4, -0.2) is 23.2 Å². The molecule has 1 aromatic heterocycles. The summed E-state index contributed by atoms with van der Waals surface area (Å²) < 4.78 is 16.7. The van der Waals surface area contributed by atoms with Crippen LogP contribution < -0.4 is 20.5 Å². The molecule has 1 aromatic carbocycles. The second-order valence-corrected chi connectivity index (χ2v) is 5.82. The Morgan fingerprint density at radius 1 is 1.35 bits per heavy atom. The fraction of sp³-hybridized carbons (Fsp3) is 0.250. The number of ether oxygens (including phenoxy) is 3. The SMILES string of the molecule is N[C@@H]1[C@H]2Oc3ccc(Oc4ccnc5c4COC(=O)N5)cc3[C@@H]12. The number of amides is 1. The molecule has 7 nitrogen and oxygen atoms in total. The second-order valence-electron chi connectivity index (χ2n) is 5.82. The zero-order valence-corrected chi connectivity index (χ0v) is 12.0. The predicted octanol–water partition coefficient (Wildman–Crippen LogP) is 2.12. The Balaban J connectivity index is 1.47. The standard InChI is InChI=1S/C16H13N3O4/c17-13-12-8-5-7(1-2-10(8)23-14(12)13)22-11-3-4-18-15-9(11)6-21-16(20)19-15/h1-5,12-14H,6,17H2,(H,18,19,20)/t12-,13-,14-/m0/s1. The summed E-state index contributed by atoms with van der Waals surface area (Å²) >= 11 is 0. The van der Waals surface area contributed by atoms with Gasteiger partial charge < -0.3 is 19.9 Å². The monoisotopic (exact) mass is 311 g/mol. The van der Waals surface area contributed by atoms with Gasteiger partial charge in [-0.2, -0.15) is 0 Å². The molecule has 23 heavy (non-hydrogen) atoms. The van der Waals surface area contributed by atoms with Gasteiger partial charge in [0.2, 0.25) is 0 Å². The van der Waals surface area contributed by atoms with Gasteiger partial charge in [-0.25, -0.2) is 9.78 Å². The van der Waals surface area contributed by atoms with Crippen LogP contribution in [0.5, 0.6) is 17.2 Å². The summed E-state index contributed by atoms with van der Waals surface area (Å²) in [6.07, 6.45) is 1.19. The van der Waals surface area contributed by atoms with Gasteiger partial charge in [0.05, 0.1) is 11.6 Å². The fourth-order valence-electron chi connectivity index (χ4n) is 3.16. The molecule has 5 rings (SSSR count). The van der Waals surface area contributed by atoms with Gasteiger partial charge >= 0.3 is 6.09 Å². The molecule has 0 spiro atoms. The lowest BCUT2D eigenvalue weighted by molar-refractivity contribution is 0.150. The van der Waals surface area contributed by atoms with E-state index in [1.807, 2.05) is 18.2 Å². The van der Waals surface area contributed by atoms with E-state index in [1.165, 1.54) is 0 Å². The first kappa shape index (κ1) is 12.7. The molecule has 3 aliphatic rings. The number of cyclic esters (lactones) is 1. The summed E-state index contributed by atoms with van der Waals surface area (Å²) in [6, 6.07) is 7.53. The van der Waals surface area contributed by atoms with Crippen molar-refractivity contribution >= 4 is 11.9 Å². The number of anilines is 1. The van der Waals surface area contributed by atoms with Gasteiger partial charge in [0.1, 0.15) is 35.8 Å². The molecule has 3 N–H and O–H groups in total. The number of fused-ring (bicyclic) bond motifs is 4. The highest BCUT2D eigenvalue weighted by Crippen LogP contribution is 2.53. The number of carbonyl (C=O) groups excluding carboxylic acids is 1. The van der Waals surface area contributed by atoms with Crippen LogP contribution in [0.2, 0.25) is 0 Å². The highest BCUT2D eigenvalue weighted by Gasteiger charge is 2.56. The maximum atomic E-state index is 11.3. The molecule has 2 aromatic rings. The maximum absolute atomic E-state index is 11.3. The summed E-state index contributed by atoms with van der Waals surface area (Å²) in [5, 5.41) is 2.56. The van der Waals surface area contributed by atoms with Crippen molar-refractivity contribution in [1.29, 1.82) is 0 Å². The van der Waals surface area contributed by atoms with Gasteiger partial charge in [0.15, 0.2) is 0 Å². The minimum absolute atomic E-state index is 0.0787. The quantitative estimate of drug-likeness (QED) is 0.882. The first-order valence-corrected chi connectivity index (χ1v) is 7.36. The topological polar surface area (TPSA) is 95.7 Å². The Kier molecular flexibility index (Phi) is 2.41. The number of aromatic nitrogens is 1. The maximum Gasteiger partial charge on any atom is 0.413 e. The van der Waals surface area contributed by atoms with E-state index in [0.29, 0.717) is 22.9 Å². The van der Waals surface area contributed by atoms with Gasteiger partial charge in [-0.1, -0.05) is 0 Å². The second kappa shape index (κ2) is 4.36. The summed E-state index contributed by atoms with van der Waals surface area (Å²) in [7, 11) is 0. The predicted molar refractivity (Wildman–Crippen MR) is 79.7 cm³/mol. The molecule has 0 bridgehead atoms. The van der Waals surface area contributed by atoms with Crippen LogP contribution in [0.25, 0.3) is 0 Å². The number of hydrogen-bond donors (Lipinski definition) is 2. The smallest absolute Gasteiger partial charge is 0.413 e. The average Bonchev–Trinajstić information content (AvgIpc) is 3.02. The molecule has 0 unspecified atom stereocenters. The molecule has 1 amide bonds. The highest BCUT2D eigenvalue weighted by atomic mass is 16.6. The van der Waals surface area contributed by atoms with Crippen molar-refractivity contribution in [3.05, 3.63) is 41.6 Å². The van der Waals surface area contributed by atoms with Crippen LogP contribution >= 0.6 is 0 Å². The number of benzene rings is 1. The first-order chi connectivity index (χ1) is 11.2. The fourth-order valence-corrected chi connectivity index (χ4v) is 3.16. The number of nitrogens with one attached hydrogen (secondary N) is 1. The van der Waals surface area contributed by atoms with Crippen molar-refractivity contribution in [2.75, 3.05) is 5.32 Å². The minimum atomic E-state index is -0.509. The Hall–Kier alpha value is -2.80. The molecule has 116 valence electrons. The van der Waals surface area contributed by atoms with Crippen LogP contribution in [0.4, 0.5) is 10.6 Å². The summed E-state index contributed by atoms with van der Waals surface area (Å²) in [5.41, 5.74) is 7.77. The van der Waals surface area contributed by atoms with Crippen molar-refractivity contribution in [2.24, 2.45) is 5.73 Å². The molecular formula is C16H13N3O4. The molecule has 1 saturated carbocycles. The molecule has 2 aliphatic heterocycles. The van der Waals surface area contributed by atoms with E-state index in [-0.39, 0.29) is 24.7 Å². The molecule has 0 saturated heterocycles. The van der Waals surface area contributed by atoms with Crippen LogP contribution in [-0.2, 0) is 11.3 Å². The third kappa shape index (κ3) is 1.86. The summed E-state index contributed by atoms with van der Waals surface area (Å²) in [4.78, 5) is 15.4. The van der Waals surface area contributed by atoms with Crippen LogP contribution in [0.15, 0.2) is 30.5 Å². The highest BCUT2D eigenvalue weighted by molar-refractivity contribution is 5.86. The van der Waals surface area contributed by atoms with E-state index in [9.17, 15) is 4.79 Å². The Morgan fingerprint density at radius 2 is 2.26 bits per heavy atom. The summed E-state index contributed by atoms with van der Waals surface area (Å²) in [5.74, 6) is 2.90. The summed E-state index contributed by atoms with van der Waals surface area (Å²) in [6.45, 7) is 0.133. The Morgan fingerprint density at radius 3 is 3.17 bits per heavy atom. The van der Waals surface area contributed by atoms with Crippen LogP contribution in [0.3, 0.4) is 0 Å². The Bertz CT molecular complexity index is 838. The molecule has 0 radical (unpaired) electrons. The van der Waals surface area contributed by atoms with E-state index >= 15 is 0 Å². The zero-order valence-electron chi connectivity index (χ0n) is 12.0. The molecule has 3 heterocycles. The van der Waals surface area contributed by atoms with Gasteiger partial charge in [0.25, 0.3) is 0 Å². The van der Waals surface area contributed by atoms with Crippen molar-refractivity contribution in [3.8, 4) is 17.2 Å². The van der Waals surface area contributed by atoms with E-state index in [0.717, 1.165) is 11.3 Å². The zero-order chi connectivity index (χ0) is 15.6. The van der Waals surface area contributed by atoms with Crippen molar-refractivity contribution in [2.45, 2.75) is 24.7 Å². The lowest BCUT2D eigenvalue weighted by atomic mass is 10.1. The van der Waals surface area contributed by atoms with Crippen molar-refractivity contribution < 1.29 is 19.0 Å². The number of nitrogens with zero attached hydrogens (tertiary/aromatic N) is 1. The average molecular weight is 311 g/mol. The number of carbonyl (C=O) groups is 1. The number of hydrogen-bond acceptors (Lipinski definition) is 6. The van der Waals surface area contributed by atoms with Crippen LogP contribution in [0, 0.1) is 0 Å². The van der Waals surface area contributed by atoms with E-state index < -0.39 is 6.09 Å². The first-order valence-electron chi connectivity index (χ1n) is 7.36. The molecular weight excluding hydrogens is 298 g/mol. The van der Waals surface area contributed by atoms with E-state index in [2.05, 4.69) is 10.3 Å². The third-order valence-corrected chi connectivity index (χ3v) is 4.42. The lowest BCUT2D eigenvalue weighted by Gasteiger charge is -2.19. The van der Waals surface area contributed by atoms with Crippen molar-refractivity contribution in [3.63, 3.8) is 0 Å². The molecule has 1 aliphatic carbocycles. The van der Waals surface area contributed by atoms with Crippen LogP contribution in [0.1, 0.15) is 17.0 Å². The van der Waals surface area contributed by atoms with Gasteiger partial charge in [-0.15, -0.1) is 0 Å². The minimum Gasteiger partial charge on any atom is -0.488 e. The van der Waals surface area contributed by atoms with Gasteiger partial charge in [0, 0.05) is 17.7 Å². The molecule has 7 heteroatoms. The third-order valence-electron chi connectivity index (χ3n) is 4.42. The largest absolute Gasteiger partial charge is 0.488 e. The number of nitrogens with two attached hydrogens (primary N) is 1. The van der Waals surface area contributed by atoms with Crippen molar-refractivity contribution in [1.82, 2.24) is 4.98 Å². The molecule has 3 atom stereocenters. The number of pyridine rings is 1. The van der Waals surface area contributed by atoms with Gasteiger partial charge in [-0.3, -0.25) is 5.32 Å². The Labute approximate surface area is 131 Å². The normalized spacial score (nSPS) is 26.1.